The molecule has 2 aromatic carbocycles. The van der Waals surface area contributed by atoms with Crippen molar-refractivity contribution in [2.45, 2.75) is 30.7 Å². The zero-order chi connectivity index (χ0) is 22.5. The number of halogens is 2. The predicted octanol–water partition coefficient (Wildman–Crippen LogP) is 4.82. The lowest BCUT2D eigenvalue weighted by Crippen LogP contribution is -2.13. The minimum Gasteiger partial charge on any atom is -0.339 e. The van der Waals surface area contributed by atoms with Crippen LogP contribution in [0.3, 0.4) is 0 Å². The van der Waals surface area contributed by atoms with Crippen LogP contribution in [0.25, 0.3) is 11.4 Å². The Morgan fingerprint density at radius 2 is 2.03 bits per heavy atom. The third-order valence-electron chi connectivity index (χ3n) is 4.40. The molecule has 4 aromatic rings. The fourth-order valence-electron chi connectivity index (χ4n) is 2.75. The van der Waals surface area contributed by atoms with Crippen molar-refractivity contribution in [3.8, 4) is 11.4 Å². The first-order valence-corrected chi connectivity index (χ1v) is 11.0. The third kappa shape index (κ3) is 5.71. The van der Waals surface area contributed by atoms with Gasteiger partial charge in [0.1, 0.15) is 5.82 Å². The first-order chi connectivity index (χ1) is 15.5. The molecule has 11 heteroatoms. The van der Waals surface area contributed by atoms with Gasteiger partial charge in [0, 0.05) is 23.4 Å². The molecule has 0 unspecified atom stereocenters. The number of amides is 1. The van der Waals surface area contributed by atoms with Gasteiger partial charge < -0.3 is 9.84 Å². The molecule has 2 N–H and O–H groups in total. The summed E-state index contributed by atoms with van der Waals surface area (Å²) in [6.07, 6.45) is 0.300. The molecule has 2 heterocycles. The van der Waals surface area contributed by atoms with Crippen LogP contribution in [0, 0.1) is 12.7 Å². The Kier molecular flexibility index (Phi) is 6.81. The summed E-state index contributed by atoms with van der Waals surface area (Å²) in [5, 5.41) is 14.3. The molecule has 0 atom stereocenters. The number of aromatic amines is 1. The van der Waals surface area contributed by atoms with Gasteiger partial charge in [-0.1, -0.05) is 58.3 Å². The number of aryl methyl sites for hydroxylation is 2. The number of aromatic nitrogens is 5. The van der Waals surface area contributed by atoms with Crippen LogP contribution in [0.5, 0.6) is 0 Å². The normalized spacial score (nSPS) is 11.0. The van der Waals surface area contributed by atoms with E-state index in [9.17, 15) is 9.18 Å². The molecule has 0 saturated heterocycles. The number of rotatable bonds is 8. The van der Waals surface area contributed by atoms with Crippen LogP contribution in [-0.4, -0.2) is 31.2 Å². The summed E-state index contributed by atoms with van der Waals surface area (Å²) in [5.74, 6) is 0.921. The number of H-pyrrole nitrogens is 1. The fourth-order valence-corrected chi connectivity index (χ4v) is 3.56. The zero-order valence-electron chi connectivity index (χ0n) is 16.9. The van der Waals surface area contributed by atoms with E-state index in [1.165, 1.54) is 29.5 Å². The van der Waals surface area contributed by atoms with Crippen LogP contribution in [0.2, 0.25) is 5.02 Å². The van der Waals surface area contributed by atoms with Crippen molar-refractivity contribution in [3.05, 3.63) is 70.6 Å². The maximum absolute atomic E-state index is 13.8. The SMILES string of the molecule is Cc1ccc(-c2nc(SCc3noc(CCC(=O)Nc4ccc(Cl)cc4F)n3)n[nH]2)cc1. The summed E-state index contributed by atoms with van der Waals surface area (Å²) in [6.45, 7) is 2.02. The van der Waals surface area contributed by atoms with Crippen molar-refractivity contribution in [1.82, 2.24) is 25.3 Å². The Morgan fingerprint density at radius 1 is 1.22 bits per heavy atom. The number of nitrogens with one attached hydrogen (secondary N) is 2. The number of carbonyl (C=O) groups is 1. The number of thioether (sulfide) groups is 1. The van der Waals surface area contributed by atoms with Crippen molar-refractivity contribution in [2.24, 2.45) is 0 Å². The van der Waals surface area contributed by atoms with Gasteiger partial charge in [-0.2, -0.15) is 4.98 Å². The quantitative estimate of drug-likeness (QED) is 0.354. The average molecular weight is 473 g/mol. The van der Waals surface area contributed by atoms with Gasteiger partial charge in [-0.3, -0.25) is 9.89 Å². The molecule has 8 nitrogen and oxygen atoms in total. The lowest BCUT2D eigenvalue weighted by molar-refractivity contribution is -0.116. The molecule has 0 spiro atoms. The fraction of sp³-hybridized carbons (Fsp3) is 0.190. The molecule has 4 rings (SSSR count). The van der Waals surface area contributed by atoms with Crippen molar-refractivity contribution < 1.29 is 13.7 Å². The Bertz CT molecular complexity index is 1230. The van der Waals surface area contributed by atoms with Crippen LogP contribution in [0.15, 0.2) is 52.1 Å². The van der Waals surface area contributed by atoms with E-state index in [-0.39, 0.29) is 29.5 Å². The van der Waals surface area contributed by atoms with E-state index in [1.54, 1.807) is 0 Å². The first-order valence-electron chi connectivity index (χ1n) is 9.65. The topological polar surface area (TPSA) is 110 Å². The maximum Gasteiger partial charge on any atom is 0.227 e. The molecule has 0 fully saturated rings. The summed E-state index contributed by atoms with van der Waals surface area (Å²) in [4.78, 5) is 20.8. The van der Waals surface area contributed by atoms with E-state index in [0.717, 1.165) is 11.6 Å². The van der Waals surface area contributed by atoms with E-state index in [0.29, 0.717) is 28.4 Å². The van der Waals surface area contributed by atoms with Crippen LogP contribution in [-0.2, 0) is 17.0 Å². The molecule has 164 valence electrons. The summed E-state index contributed by atoms with van der Waals surface area (Å²) < 4.78 is 18.9. The molecule has 0 radical (unpaired) electrons. The Morgan fingerprint density at radius 3 is 2.81 bits per heavy atom. The van der Waals surface area contributed by atoms with Gasteiger partial charge in [-0.25, -0.2) is 9.37 Å². The van der Waals surface area contributed by atoms with Gasteiger partial charge in [-0.05, 0) is 25.1 Å². The highest BCUT2D eigenvalue weighted by Crippen LogP contribution is 2.22. The smallest absolute Gasteiger partial charge is 0.227 e. The van der Waals surface area contributed by atoms with E-state index < -0.39 is 5.82 Å². The molecule has 0 aliphatic rings. The van der Waals surface area contributed by atoms with Gasteiger partial charge in [-0.15, -0.1) is 5.10 Å². The average Bonchev–Trinajstić information content (AvgIpc) is 3.43. The maximum atomic E-state index is 13.8. The highest BCUT2D eigenvalue weighted by Gasteiger charge is 2.13. The van der Waals surface area contributed by atoms with Gasteiger partial charge in [0.2, 0.25) is 17.0 Å². The standard InChI is InChI=1S/C21H18ClFN6O2S/c1-12-2-4-13(5-3-12)20-26-21(28-27-20)32-11-17-25-19(31-29-17)9-8-18(30)24-16-7-6-14(22)10-15(16)23/h2-7,10H,8-9,11H2,1H3,(H,24,30)(H,26,27,28). The number of benzene rings is 2. The first kappa shape index (κ1) is 22.0. The molecule has 0 aliphatic heterocycles. The van der Waals surface area contributed by atoms with Crippen molar-refractivity contribution in [1.29, 1.82) is 0 Å². The monoisotopic (exact) mass is 472 g/mol. The molecular weight excluding hydrogens is 455 g/mol. The van der Waals surface area contributed by atoms with Gasteiger partial charge in [0.25, 0.3) is 0 Å². The van der Waals surface area contributed by atoms with Gasteiger partial charge in [0.15, 0.2) is 11.6 Å². The molecule has 2 aromatic heterocycles. The van der Waals surface area contributed by atoms with Crippen LogP contribution in [0.4, 0.5) is 10.1 Å². The van der Waals surface area contributed by atoms with Crippen molar-refractivity contribution in [3.63, 3.8) is 0 Å². The minimum absolute atomic E-state index is 0.0671. The van der Waals surface area contributed by atoms with Crippen LogP contribution >= 0.6 is 23.4 Å². The summed E-state index contributed by atoms with van der Waals surface area (Å²) in [6, 6.07) is 12.0. The number of anilines is 1. The van der Waals surface area contributed by atoms with Crippen molar-refractivity contribution >= 4 is 35.0 Å². The molecule has 0 bridgehead atoms. The van der Waals surface area contributed by atoms with Crippen molar-refractivity contribution in [2.75, 3.05) is 5.32 Å². The third-order valence-corrected chi connectivity index (χ3v) is 5.48. The zero-order valence-corrected chi connectivity index (χ0v) is 18.5. The largest absolute Gasteiger partial charge is 0.339 e. The van der Waals surface area contributed by atoms with E-state index in [2.05, 4.69) is 30.6 Å². The molecule has 1 amide bonds. The summed E-state index contributed by atoms with van der Waals surface area (Å²) >= 11 is 7.07. The summed E-state index contributed by atoms with van der Waals surface area (Å²) in [5.41, 5.74) is 2.19. The number of hydrogen-bond donors (Lipinski definition) is 2. The van der Waals surface area contributed by atoms with E-state index in [4.69, 9.17) is 16.1 Å². The second-order valence-corrected chi connectivity index (χ2v) is 8.28. The Labute approximate surface area is 192 Å². The Balaban J connectivity index is 1.26. The predicted molar refractivity (Wildman–Crippen MR) is 119 cm³/mol. The second-order valence-electron chi connectivity index (χ2n) is 6.90. The minimum atomic E-state index is -0.597. The van der Waals surface area contributed by atoms with Crippen LogP contribution in [0.1, 0.15) is 23.7 Å². The lowest BCUT2D eigenvalue weighted by atomic mass is 10.1. The molecule has 0 aliphatic carbocycles. The summed E-state index contributed by atoms with van der Waals surface area (Å²) in [7, 11) is 0. The highest BCUT2D eigenvalue weighted by molar-refractivity contribution is 7.98. The number of carbonyl (C=O) groups excluding carboxylic acids is 1. The van der Waals surface area contributed by atoms with Crippen LogP contribution < -0.4 is 5.32 Å². The number of nitrogens with zero attached hydrogens (tertiary/aromatic N) is 4. The Hall–Kier alpha value is -3.24. The highest BCUT2D eigenvalue weighted by atomic mass is 35.5. The van der Waals surface area contributed by atoms with Gasteiger partial charge in [0.05, 0.1) is 11.4 Å². The van der Waals surface area contributed by atoms with Gasteiger partial charge >= 0.3 is 0 Å². The molecule has 32 heavy (non-hydrogen) atoms. The van der Waals surface area contributed by atoms with E-state index >= 15 is 0 Å². The lowest BCUT2D eigenvalue weighted by Gasteiger charge is -2.05. The number of hydrogen-bond acceptors (Lipinski definition) is 7. The van der Waals surface area contributed by atoms with E-state index in [1.807, 2.05) is 31.2 Å². The molecule has 0 saturated carbocycles. The second kappa shape index (κ2) is 9.92. The molecular formula is C21H18ClFN6O2S.